The Bertz CT molecular complexity index is 578. The number of hydrogen-bond donors (Lipinski definition) is 1. The molecule has 0 amide bonds. The van der Waals surface area contributed by atoms with E-state index in [9.17, 15) is 4.39 Å². The van der Waals surface area contributed by atoms with Crippen molar-refractivity contribution < 1.29 is 4.39 Å². The van der Waals surface area contributed by atoms with Gasteiger partial charge in [-0.15, -0.1) is 0 Å². The molecule has 0 saturated carbocycles. The Kier molecular flexibility index (Phi) is 5.34. The van der Waals surface area contributed by atoms with Crippen molar-refractivity contribution in [2.75, 3.05) is 18.5 Å². The summed E-state index contributed by atoms with van der Waals surface area (Å²) in [5.41, 5.74) is 4.64. The van der Waals surface area contributed by atoms with Crippen LogP contribution in [-0.4, -0.2) is 13.6 Å². The second-order valence-corrected chi connectivity index (χ2v) is 5.34. The molecule has 0 heterocycles. The topological polar surface area (TPSA) is 15.3 Å². The third-order valence-corrected chi connectivity index (χ3v) is 3.55. The molecule has 0 radical (unpaired) electrons. The van der Waals surface area contributed by atoms with E-state index >= 15 is 0 Å². The molecule has 0 bridgehead atoms. The zero-order valence-corrected chi connectivity index (χ0v) is 13.0. The Morgan fingerprint density at radius 1 is 1.10 bits per heavy atom. The van der Waals surface area contributed by atoms with E-state index in [0.29, 0.717) is 0 Å². The summed E-state index contributed by atoms with van der Waals surface area (Å²) in [6.45, 7) is 6.11. The maximum Gasteiger partial charge on any atom is 0.123 e. The number of halogens is 1. The summed E-state index contributed by atoms with van der Waals surface area (Å²) < 4.78 is 13.1. The molecule has 0 unspecified atom stereocenters. The molecule has 0 saturated heterocycles. The van der Waals surface area contributed by atoms with Gasteiger partial charge in [-0.25, -0.2) is 4.39 Å². The van der Waals surface area contributed by atoms with Crippen molar-refractivity contribution in [2.24, 2.45) is 0 Å². The minimum absolute atomic E-state index is 0.208. The number of nitrogens with one attached hydrogen (secondary N) is 1. The Hall–Kier alpha value is -1.87. The molecule has 2 nitrogen and oxygen atoms in total. The fourth-order valence-electron chi connectivity index (χ4n) is 2.39. The van der Waals surface area contributed by atoms with Gasteiger partial charge in [-0.2, -0.15) is 0 Å². The van der Waals surface area contributed by atoms with Gasteiger partial charge in [0, 0.05) is 25.0 Å². The standard InChI is InChI=1S/C18H23FN2/c1-4-11-20-13-15-12-14(2)5-10-18(15)21(3)17-8-6-16(19)7-9-17/h5-10,12,20H,4,11,13H2,1-3H3. The van der Waals surface area contributed by atoms with E-state index in [2.05, 4.69) is 42.3 Å². The fraction of sp³-hybridized carbons (Fsp3) is 0.333. The first-order valence-electron chi connectivity index (χ1n) is 7.41. The molecule has 2 rings (SSSR count). The second kappa shape index (κ2) is 7.23. The van der Waals surface area contributed by atoms with Crippen LogP contribution in [0, 0.1) is 12.7 Å². The van der Waals surface area contributed by atoms with Crippen LogP contribution in [0.25, 0.3) is 0 Å². The van der Waals surface area contributed by atoms with E-state index in [0.717, 1.165) is 30.9 Å². The molecule has 2 aromatic carbocycles. The minimum atomic E-state index is -0.208. The number of rotatable bonds is 6. The van der Waals surface area contributed by atoms with Crippen molar-refractivity contribution in [1.29, 1.82) is 0 Å². The van der Waals surface area contributed by atoms with Crippen LogP contribution < -0.4 is 10.2 Å². The SMILES string of the molecule is CCCNCc1cc(C)ccc1N(C)c1ccc(F)cc1. The summed E-state index contributed by atoms with van der Waals surface area (Å²) in [5, 5.41) is 3.45. The smallest absolute Gasteiger partial charge is 0.123 e. The highest BCUT2D eigenvalue weighted by Gasteiger charge is 2.09. The van der Waals surface area contributed by atoms with E-state index in [4.69, 9.17) is 0 Å². The molecule has 0 fully saturated rings. The van der Waals surface area contributed by atoms with E-state index in [1.807, 2.05) is 7.05 Å². The zero-order chi connectivity index (χ0) is 15.2. The normalized spacial score (nSPS) is 10.7. The molecule has 21 heavy (non-hydrogen) atoms. The van der Waals surface area contributed by atoms with Gasteiger partial charge in [-0.3, -0.25) is 0 Å². The van der Waals surface area contributed by atoms with Crippen molar-refractivity contribution in [1.82, 2.24) is 5.32 Å². The molecule has 0 aliphatic heterocycles. The van der Waals surface area contributed by atoms with Gasteiger partial charge in [0.2, 0.25) is 0 Å². The Balaban J connectivity index is 2.26. The molecule has 0 atom stereocenters. The van der Waals surface area contributed by atoms with Crippen molar-refractivity contribution in [3.63, 3.8) is 0 Å². The summed E-state index contributed by atoms with van der Waals surface area (Å²) in [6, 6.07) is 13.0. The van der Waals surface area contributed by atoms with E-state index in [1.54, 1.807) is 12.1 Å². The first-order valence-corrected chi connectivity index (χ1v) is 7.41. The lowest BCUT2D eigenvalue weighted by Crippen LogP contribution is -2.18. The summed E-state index contributed by atoms with van der Waals surface area (Å²) in [6.07, 6.45) is 1.12. The average Bonchev–Trinajstić information content (AvgIpc) is 2.48. The lowest BCUT2D eigenvalue weighted by atomic mass is 10.1. The largest absolute Gasteiger partial charge is 0.344 e. The quantitative estimate of drug-likeness (QED) is 0.792. The fourth-order valence-corrected chi connectivity index (χ4v) is 2.39. The average molecular weight is 286 g/mol. The lowest BCUT2D eigenvalue weighted by Gasteiger charge is -2.23. The molecule has 1 N–H and O–H groups in total. The minimum Gasteiger partial charge on any atom is -0.344 e. The van der Waals surface area contributed by atoms with Crippen LogP contribution in [0.15, 0.2) is 42.5 Å². The van der Waals surface area contributed by atoms with Gasteiger partial charge in [0.15, 0.2) is 0 Å². The van der Waals surface area contributed by atoms with E-state index in [-0.39, 0.29) is 5.82 Å². The van der Waals surface area contributed by atoms with Crippen LogP contribution in [-0.2, 0) is 6.54 Å². The molecule has 2 aromatic rings. The molecule has 0 aromatic heterocycles. The Labute approximate surface area is 126 Å². The van der Waals surface area contributed by atoms with E-state index in [1.165, 1.54) is 23.3 Å². The maximum atomic E-state index is 13.1. The highest BCUT2D eigenvalue weighted by atomic mass is 19.1. The molecule has 0 spiro atoms. The first kappa shape index (κ1) is 15.5. The van der Waals surface area contributed by atoms with Crippen molar-refractivity contribution in [3.05, 3.63) is 59.4 Å². The highest BCUT2D eigenvalue weighted by molar-refractivity contribution is 5.66. The molecule has 0 aliphatic rings. The van der Waals surface area contributed by atoms with Crippen LogP contribution >= 0.6 is 0 Å². The van der Waals surface area contributed by atoms with Crippen molar-refractivity contribution in [2.45, 2.75) is 26.8 Å². The summed E-state index contributed by atoms with van der Waals surface area (Å²) in [7, 11) is 2.02. The lowest BCUT2D eigenvalue weighted by molar-refractivity contribution is 0.628. The summed E-state index contributed by atoms with van der Waals surface area (Å²) in [5.74, 6) is -0.208. The van der Waals surface area contributed by atoms with Crippen LogP contribution in [0.2, 0.25) is 0 Å². The van der Waals surface area contributed by atoms with Gasteiger partial charge in [0.1, 0.15) is 5.82 Å². The maximum absolute atomic E-state index is 13.1. The highest BCUT2D eigenvalue weighted by Crippen LogP contribution is 2.28. The van der Waals surface area contributed by atoms with Crippen LogP contribution in [0.5, 0.6) is 0 Å². The first-order chi connectivity index (χ1) is 10.1. The summed E-state index contributed by atoms with van der Waals surface area (Å²) in [4.78, 5) is 2.10. The number of benzene rings is 2. The third kappa shape index (κ3) is 4.05. The number of nitrogens with zero attached hydrogens (tertiary/aromatic N) is 1. The number of anilines is 2. The third-order valence-electron chi connectivity index (χ3n) is 3.55. The van der Waals surface area contributed by atoms with Gasteiger partial charge in [0.25, 0.3) is 0 Å². The Morgan fingerprint density at radius 2 is 1.81 bits per heavy atom. The molecule has 0 aliphatic carbocycles. The monoisotopic (exact) mass is 286 g/mol. The Morgan fingerprint density at radius 3 is 2.48 bits per heavy atom. The van der Waals surface area contributed by atoms with E-state index < -0.39 is 0 Å². The van der Waals surface area contributed by atoms with Crippen LogP contribution in [0.3, 0.4) is 0 Å². The predicted molar refractivity (Wildman–Crippen MR) is 87.6 cm³/mol. The van der Waals surface area contributed by atoms with Crippen molar-refractivity contribution >= 4 is 11.4 Å². The molecular weight excluding hydrogens is 263 g/mol. The van der Waals surface area contributed by atoms with Gasteiger partial charge in [-0.1, -0.05) is 24.6 Å². The number of hydrogen-bond acceptors (Lipinski definition) is 2. The molecule has 112 valence electrons. The predicted octanol–water partition coefficient (Wildman–Crippen LogP) is 4.40. The molecule has 3 heteroatoms. The van der Waals surface area contributed by atoms with Crippen molar-refractivity contribution in [3.8, 4) is 0 Å². The molecular formula is C18H23FN2. The van der Waals surface area contributed by atoms with Gasteiger partial charge in [0.05, 0.1) is 0 Å². The van der Waals surface area contributed by atoms with Crippen LogP contribution in [0.4, 0.5) is 15.8 Å². The van der Waals surface area contributed by atoms with Gasteiger partial charge < -0.3 is 10.2 Å². The number of aryl methyl sites for hydroxylation is 1. The summed E-state index contributed by atoms with van der Waals surface area (Å²) >= 11 is 0. The van der Waals surface area contributed by atoms with Crippen LogP contribution in [0.1, 0.15) is 24.5 Å². The second-order valence-electron chi connectivity index (χ2n) is 5.34. The van der Waals surface area contributed by atoms with Gasteiger partial charge >= 0.3 is 0 Å². The zero-order valence-electron chi connectivity index (χ0n) is 13.0. The van der Waals surface area contributed by atoms with Gasteiger partial charge in [-0.05, 0) is 55.8 Å².